The Balaban J connectivity index is 1.79. The maximum atomic E-state index is 13.7. The molecule has 8 nitrogen and oxygen atoms in total. The summed E-state index contributed by atoms with van der Waals surface area (Å²) < 4.78 is 22.3. The fourth-order valence-corrected chi connectivity index (χ4v) is 4.23. The number of carbonyl (C=O) groups is 1. The SMILES string of the molecule is CCOc1ccc([C@H]2c3c(oc4ccc(C)cc4c3=O)C(=O)N2c2cc(C)on2)cc1OC. The van der Waals surface area contributed by atoms with E-state index in [2.05, 4.69) is 5.16 Å². The second-order valence-electron chi connectivity index (χ2n) is 7.89. The zero-order valence-corrected chi connectivity index (χ0v) is 18.7. The van der Waals surface area contributed by atoms with Crippen LogP contribution in [0.25, 0.3) is 11.0 Å². The third-order valence-electron chi connectivity index (χ3n) is 5.69. The summed E-state index contributed by atoms with van der Waals surface area (Å²) in [5.74, 6) is 1.43. The molecule has 0 radical (unpaired) electrons. The number of methoxy groups -OCH3 is 1. The first kappa shape index (κ1) is 20.8. The molecule has 33 heavy (non-hydrogen) atoms. The molecule has 0 unspecified atom stereocenters. The molecule has 0 saturated heterocycles. The minimum Gasteiger partial charge on any atom is -0.493 e. The lowest BCUT2D eigenvalue weighted by molar-refractivity contribution is 0.0969. The van der Waals surface area contributed by atoms with Crippen LogP contribution >= 0.6 is 0 Å². The Hall–Kier alpha value is -4.07. The number of nitrogens with zero attached hydrogens (tertiary/aromatic N) is 2. The second-order valence-corrected chi connectivity index (χ2v) is 7.89. The van der Waals surface area contributed by atoms with Gasteiger partial charge in [0, 0.05) is 6.07 Å². The van der Waals surface area contributed by atoms with Crippen LogP contribution in [0.2, 0.25) is 0 Å². The number of rotatable bonds is 5. The van der Waals surface area contributed by atoms with Crippen molar-refractivity contribution < 1.29 is 23.2 Å². The number of benzene rings is 2. The zero-order valence-electron chi connectivity index (χ0n) is 18.7. The molecule has 1 aliphatic rings. The van der Waals surface area contributed by atoms with Gasteiger partial charge in [0.15, 0.2) is 22.7 Å². The molecule has 3 heterocycles. The van der Waals surface area contributed by atoms with Gasteiger partial charge < -0.3 is 18.4 Å². The van der Waals surface area contributed by atoms with E-state index in [4.69, 9.17) is 18.4 Å². The Kier molecular flexibility index (Phi) is 4.92. The Labute approximate surface area is 189 Å². The lowest BCUT2D eigenvalue weighted by Crippen LogP contribution is -2.29. The number of carbonyl (C=O) groups excluding carboxylic acids is 1. The molecule has 1 aliphatic heterocycles. The molecule has 1 amide bonds. The molecular weight excluding hydrogens is 424 g/mol. The molecule has 0 aliphatic carbocycles. The van der Waals surface area contributed by atoms with Crippen LogP contribution < -0.4 is 19.8 Å². The molecule has 0 N–H and O–H groups in total. The number of aryl methyl sites for hydroxylation is 2. The minimum atomic E-state index is -0.775. The van der Waals surface area contributed by atoms with E-state index in [9.17, 15) is 9.59 Å². The van der Waals surface area contributed by atoms with Crippen LogP contribution in [-0.2, 0) is 0 Å². The molecule has 1 atom stereocenters. The van der Waals surface area contributed by atoms with Crippen LogP contribution in [0.5, 0.6) is 11.5 Å². The first-order valence-corrected chi connectivity index (χ1v) is 10.6. The molecule has 0 fully saturated rings. The lowest BCUT2D eigenvalue weighted by atomic mass is 9.97. The van der Waals surface area contributed by atoms with Crippen molar-refractivity contribution >= 4 is 22.7 Å². The molecule has 0 bridgehead atoms. The number of amides is 1. The van der Waals surface area contributed by atoms with E-state index in [1.807, 2.05) is 19.9 Å². The molecule has 2 aromatic heterocycles. The van der Waals surface area contributed by atoms with Crippen LogP contribution in [0.15, 0.2) is 56.2 Å². The number of hydrogen-bond acceptors (Lipinski definition) is 7. The predicted molar refractivity (Wildman–Crippen MR) is 121 cm³/mol. The average Bonchev–Trinajstić information content (AvgIpc) is 3.36. The van der Waals surface area contributed by atoms with Crippen molar-refractivity contribution in [1.29, 1.82) is 0 Å². The number of fused-ring (bicyclic) bond motifs is 2. The minimum absolute atomic E-state index is 0.00476. The van der Waals surface area contributed by atoms with Crippen molar-refractivity contribution in [3.8, 4) is 11.5 Å². The number of hydrogen-bond donors (Lipinski definition) is 0. The monoisotopic (exact) mass is 446 g/mol. The van der Waals surface area contributed by atoms with E-state index in [1.54, 1.807) is 50.4 Å². The quantitative estimate of drug-likeness (QED) is 0.444. The number of anilines is 1. The highest BCUT2D eigenvalue weighted by Crippen LogP contribution is 2.43. The Morgan fingerprint density at radius 1 is 1.06 bits per heavy atom. The smallest absolute Gasteiger partial charge is 0.296 e. The third-order valence-corrected chi connectivity index (χ3v) is 5.69. The topological polar surface area (TPSA) is 95.0 Å². The van der Waals surface area contributed by atoms with Crippen molar-refractivity contribution in [3.63, 3.8) is 0 Å². The van der Waals surface area contributed by atoms with Gasteiger partial charge in [0.05, 0.1) is 30.7 Å². The molecule has 2 aromatic carbocycles. The summed E-state index contributed by atoms with van der Waals surface area (Å²) in [4.78, 5) is 28.6. The van der Waals surface area contributed by atoms with E-state index < -0.39 is 11.9 Å². The van der Waals surface area contributed by atoms with Crippen molar-refractivity contribution in [2.24, 2.45) is 0 Å². The normalized spacial score (nSPS) is 15.2. The van der Waals surface area contributed by atoms with E-state index in [0.29, 0.717) is 46.2 Å². The summed E-state index contributed by atoms with van der Waals surface area (Å²) in [5, 5.41) is 4.46. The van der Waals surface area contributed by atoms with Crippen LogP contribution in [0, 0.1) is 13.8 Å². The fourth-order valence-electron chi connectivity index (χ4n) is 4.23. The van der Waals surface area contributed by atoms with Crippen LogP contribution in [-0.4, -0.2) is 24.8 Å². The van der Waals surface area contributed by atoms with E-state index >= 15 is 0 Å². The molecule has 5 rings (SSSR count). The van der Waals surface area contributed by atoms with Gasteiger partial charge in [-0.25, -0.2) is 0 Å². The molecular formula is C25H22N2O6. The van der Waals surface area contributed by atoms with Crippen molar-refractivity contribution in [1.82, 2.24) is 5.16 Å². The first-order valence-electron chi connectivity index (χ1n) is 10.6. The summed E-state index contributed by atoms with van der Waals surface area (Å²) in [7, 11) is 1.54. The van der Waals surface area contributed by atoms with Gasteiger partial charge in [0.1, 0.15) is 11.3 Å². The van der Waals surface area contributed by atoms with Crippen LogP contribution in [0.3, 0.4) is 0 Å². The average molecular weight is 446 g/mol. The van der Waals surface area contributed by atoms with Crippen LogP contribution in [0.1, 0.15) is 46.0 Å². The van der Waals surface area contributed by atoms with Gasteiger partial charge in [0.2, 0.25) is 5.76 Å². The van der Waals surface area contributed by atoms with Gasteiger partial charge in [-0.15, -0.1) is 0 Å². The maximum absolute atomic E-state index is 13.7. The highest BCUT2D eigenvalue weighted by molar-refractivity contribution is 6.10. The molecule has 0 saturated carbocycles. The van der Waals surface area contributed by atoms with Gasteiger partial charge in [-0.2, -0.15) is 0 Å². The van der Waals surface area contributed by atoms with Crippen molar-refractivity contribution in [2.45, 2.75) is 26.8 Å². The second kappa shape index (κ2) is 7.81. The summed E-state index contributed by atoms with van der Waals surface area (Å²) in [5.41, 5.74) is 1.93. The lowest BCUT2D eigenvalue weighted by Gasteiger charge is -2.23. The first-order chi connectivity index (χ1) is 15.9. The standard InChI is InChI=1S/C25H22N2O6/c1-5-31-18-9-7-15(12-19(18)30-4)22-21-23(28)16-10-13(2)6-8-17(16)32-24(21)25(29)27(22)20-11-14(3)33-26-20/h6-12,22H,5H2,1-4H3/t22-/m0/s1. The Bertz CT molecular complexity index is 1450. The largest absolute Gasteiger partial charge is 0.493 e. The van der Waals surface area contributed by atoms with Gasteiger partial charge in [0.25, 0.3) is 5.91 Å². The van der Waals surface area contributed by atoms with Crippen molar-refractivity contribution in [2.75, 3.05) is 18.6 Å². The van der Waals surface area contributed by atoms with Gasteiger partial charge >= 0.3 is 0 Å². The summed E-state index contributed by atoms with van der Waals surface area (Å²) in [6.45, 7) is 5.99. The highest BCUT2D eigenvalue weighted by atomic mass is 16.5. The summed E-state index contributed by atoms with van der Waals surface area (Å²) in [6.07, 6.45) is 0. The molecule has 0 spiro atoms. The van der Waals surface area contributed by atoms with E-state index in [0.717, 1.165) is 5.56 Å². The number of ether oxygens (including phenoxy) is 2. The Morgan fingerprint density at radius 3 is 2.58 bits per heavy atom. The van der Waals surface area contributed by atoms with E-state index in [1.165, 1.54) is 4.90 Å². The van der Waals surface area contributed by atoms with Gasteiger partial charge in [-0.3, -0.25) is 14.5 Å². The van der Waals surface area contributed by atoms with Crippen LogP contribution in [0.4, 0.5) is 5.82 Å². The van der Waals surface area contributed by atoms with Gasteiger partial charge in [-0.1, -0.05) is 22.9 Å². The molecule has 168 valence electrons. The fraction of sp³-hybridized carbons (Fsp3) is 0.240. The number of aromatic nitrogens is 1. The predicted octanol–water partition coefficient (Wildman–Crippen LogP) is 4.55. The maximum Gasteiger partial charge on any atom is 0.296 e. The molecule has 8 heteroatoms. The summed E-state index contributed by atoms with van der Waals surface area (Å²) in [6, 6.07) is 11.5. The van der Waals surface area contributed by atoms with E-state index in [-0.39, 0.29) is 16.8 Å². The Morgan fingerprint density at radius 2 is 1.88 bits per heavy atom. The molecule has 4 aromatic rings. The van der Waals surface area contributed by atoms with Gasteiger partial charge in [-0.05, 0) is 50.6 Å². The highest BCUT2D eigenvalue weighted by Gasteiger charge is 2.45. The summed E-state index contributed by atoms with van der Waals surface area (Å²) >= 11 is 0. The third kappa shape index (κ3) is 3.26. The van der Waals surface area contributed by atoms with Crippen molar-refractivity contribution in [3.05, 3.63) is 80.9 Å². The zero-order chi connectivity index (χ0) is 23.3.